The smallest absolute Gasteiger partial charge is 0.252 e. The Bertz CT molecular complexity index is 1280. The highest BCUT2D eigenvalue weighted by atomic mass is 19.1. The minimum Gasteiger partial charge on any atom is -0.345 e. The second-order valence-electron chi connectivity index (χ2n) is 8.37. The van der Waals surface area contributed by atoms with Gasteiger partial charge in [0.05, 0.1) is 28.4 Å². The molecule has 2 heterocycles. The Kier molecular flexibility index (Phi) is 5.21. The largest absolute Gasteiger partial charge is 0.345 e. The van der Waals surface area contributed by atoms with Crippen LogP contribution >= 0.6 is 0 Å². The predicted molar refractivity (Wildman–Crippen MR) is 122 cm³/mol. The van der Waals surface area contributed by atoms with E-state index in [1.165, 1.54) is 12.1 Å². The van der Waals surface area contributed by atoms with Gasteiger partial charge in [-0.15, -0.1) is 0 Å². The number of carbonyl (C=O) groups excluding carboxylic acids is 1. The van der Waals surface area contributed by atoms with E-state index in [1.807, 2.05) is 50.2 Å². The molecule has 162 valence electrons. The van der Waals surface area contributed by atoms with Crippen LogP contribution in [-0.2, 0) is 6.42 Å². The van der Waals surface area contributed by atoms with Gasteiger partial charge in [-0.1, -0.05) is 37.3 Å². The summed E-state index contributed by atoms with van der Waals surface area (Å²) in [5.41, 5.74) is 4.75. The van der Waals surface area contributed by atoms with Gasteiger partial charge in [0.15, 0.2) is 5.65 Å². The number of fused-ring (bicyclic) bond motifs is 1. The summed E-state index contributed by atoms with van der Waals surface area (Å²) in [5.74, 6) is -0.111. The number of carbonyl (C=O) groups is 1. The third kappa shape index (κ3) is 3.77. The number of pyridine rings is 1. The molecule has 4 aromatic rings. The fraction of sp³-hybridized carbons (Fsp3) is 0.269. The molecule has 1 fully saturated rings. The molecule has 1 aliphatic rings. The minimum absolute atomic E-state index is 0.131. The van der Waals surface area contributed by atoms with E-state index in [0.717, 1.165) is 40.9 Å². The van der Waals surface area contributed by atoms with Crippen molar-refractivity contribution in [2.75, 3.05) is 0 Å². The second kappa shape index (κ2) is 8.19. The first kappa shape index (κ1) is 20.4. The molecule has 0 radical (unpaired) electrons. The van der Waals surface area contributed by atoms with E-state index in [4.69, 9.17) is 10.1 Å². The number of benzene rings is 2. The molecular weight excluding hydrogens is 403 g/mol. The number of rotatable bonds is 6. The SMILES string of the molecule is CCc1cc(C(=O)NC(C)c2ccccc2)c2c(C3CC3)nn(-c3ccc(F)cc3)c2n1. The fourth-order valence-corrected chi connectivity index (χ4v) is 4.06. The number of halogens is 1. The average Bonchev–Trinajstić information content (AvgIpc) is 3.60. The van der Waals surface area contributed by atoms with Crippen molar-refractivity contribution < 1.29 is 9.18 Å². The molecule has 2 aromatic carbocycles. The number of aryl methyl sites for hydroxylation is 1. The summed E-state index contributed by atoms with van der Waals surface area (Å²) >= 11 is 0. The monoisotopic (exact) mass is 428 g/mol. The predicted octanol–water partition coefficient (Wildman–Crippen LogP) is 5.49. The number of amides is 1. The zero-order chi connectivity index (χ0) is 22.2. The molecule has 1 amide bonds. The van der Waals surface area contributed by atoms with E-state index in [0.29, 0.717) is 23.5 Å². The molecule has 1 saturated carbocycles. The van der Waals surface area contributed by atoms with Crippen LogP contribution in [0.5, 0.6) is 0 Å². The van der Waals surface area contributed by atoms with Crippen LogP contribution in [0, 0.1) is 5.82 Å². The van der Waals surface area contributed by atoms with Gasteiger partial charge < -0.3 is 5.32 Å². The molecule has 1 N–H and O–H groups in total. The number of aromatic nitrogens is 3. The fourth-order valence-electron chi connectivity index (χ4n) is 4.06. The Labute approximate surface area is 186 Å². The van der Waals surface area contributed by atoms with Gasteiger partial charge in [0.1, 0.15) is 5.82 Å². The van der Waals surface area contributed by atoms with Crippen molar-refractivity contribution in [3.63, 3.8) is 0 Å². The van der Waals surface area contributed by atoms with Crippen molar-refractivity contribution in [1.29, 1.82) is 0 Å². The highest BCUT2D eigenvalue weighted by molar-refractivity contribution is 6.07. The topological polar surface area (TPSA) is 59.8 Å². The summed E-state index contributed by atoms with van der Waals surface area (Å²) in [7, 11) is 0. The average molecular weight is 429 g/mol. The van der Waals surface area contributed by atoms with Crippen molar-refractivity contribution >= 4 is 16.9 Å². The van der Waals surface area contributed by atoms with Gasteiger partial charge >= 0.3 is 0 Å². The van der Waals surface area contributed by atoms with Crippen molar-refractivity contribution in [2.24, 2.45) is 0 Å². The highest BCUT2D eigenvalue weighted by Gasteiger charge is 2.32. The maximum atomic E-state index is 13.5. The van der Waals surface area contributed by atoms with Crippen molar-refractivity contribution in [2.45, 2.75) is 45.1 Å². The molecule has 5 nitrogen and oxygen atoms in total. The maximum absolute atomic E-state index is 13.5. The lowest BCUT2D eigenvalue weighted by molar-refractivity contribution is 0.0941. The quantitative estimate of drug-likeness (QED) is 0.442. The van der Waals surface area contributed by atoms with E-state index >= 15 is 0 Å². The highest BCUT2D eigenvalue weighted by Crippen LogP contribution is 2.43. The first-order valence-electron chi connectivity index (χ1n) is 11.1. The molecule has 0 aliphatic heterocycles. The van der Waals surface area contributed by atoms with Crippen molar-refractivity contribution in [1.82, 2.24) is 20.1 Å². The molecular formula is C26H25FN4O. The number of nitrogens with one attached hydrogen (secondary N) is 1. The lowest BCUT2D eigenvalue weighted by Gasteiger charge is -2.15. The standard InChI is InChI=1S/C26H25FN4O/c1-3-20-15-22(26(32)28-16(2)17-7-5-4-6-8-17)23-24(18-9-10-18)30-31(25(23)29-20)21-13-11-19(27)12-14-21/h4-8,11-16,18H,3,9-10H2,1-2H3,(H,28,32). The second-order valence-corrected chi connectivity index (χ2v) is 8.37. The first-order valence-corrected chi connectivity index (χ1v) is 11.1. The molecule has 1 unspecified atom stereocenters. The number of hydrogen-bond donors (Lipinski definition) is 1. The lowest BCUT2D eigenvalue weighted by atomic mass is 10.0. The normalized spacial score (nSPS) is 14.5. The van der Waals surface area contributed by atoms with E-state index in [1.54, 1.807) is 16.8 Å². The van der Waals surface area contributed by atoms with E-state index in [9.17, 15) is 9.18 Å². The van der Waals surface area contributed by atoms with Crippen LogP contribution in [0.4, 0.5) is 4.39 Å². The maximum Gasteiger partial charge on any atom is 0.252 e. The van der Waals surface area contributed by atoms with Gasteiger partial charge in [-0.3, -0.25) is 4.79 Å². The Hall–Kier alpha value is -3.54. The molecule has 6 heteroatoms. The summed E-state index contributed by atoms with van der Waals surface area (Å²) in [6.07, 6.45) is 2.79. The molecule has 5 rings (SSSR count). The van der Waals surface area contributed by atoms with Crippen molar-refractivity contribution in [3.8, 4) is 5.69 Å². The van der Waals surface area contributed by atoms with Crippen LogP contribution in [0.25, 0.3) is 16.7 Å². The molecule has 1 atom stereocenters. The van der Waals surface area contributed by atoms with Crippen LogP contribution in [0.1, 0.15) is 66.0 Å². The number of hydrogen-bond acceptors (Lipinski definition) is 3. The first-order chi connectivity index (χ1) is 15.5. The van der Waals surface area contributed by atoms with Gasteiger partial charge in [-0.25, -0.2) is 14.1 Å². The van der Waals surface area contributed by atoms with Crippen molar-refractivity contribution in [3.05, 3.63) is 89.0 Å². The van der Waals surface area contributed by atoms with Gasteiger partial charge in [-0.05, 0) is 62.1 Å². The van der Waals surface area contributed by atoms with Crippen LogP contribution in [-0.4, -0.2) is 20.7 Å². The molecule has 0 bridgehead atoms. The molecule has 32 heavy (non-hydrogen) atoms. The summed E-state index contributed by atoms with van der Waals surface area (Å²) in [6.45, 7) is 4.00. The Balaban J connectivity index is 1.63. The van der Waals surface area contributed by atoms with Crippen LogP contribution in [0.15, 0.2) is 60.7 Å². The Morgan fingerprint density at radius 2 is 1.88 bits per heavy atom. The van der Waals surface area contributed by atoms with E-state index < -0.39 is 0 Å². The van der Waals surface area contributed by atoms with Crippen LogP contribution in [0.3, 0.4) is 0 Å². The van der Waals surface area contributed by atoms with Crippen LogP contribution in [0.2, 0.25) is 0 Å². The Morgan fingerprint density at radius 3 is 2.53 bits per heavy atom. The lowest BCUT2D eigenvalue weighted by Crippen LogP contribution is -2.27. The molecule has 0 saturated heterocycles. The third-order valence-corrected chi connectivity index (χ3v) is 6.01. The van der Waals surface area contributed by atoms with Gasteiger partial charge in [-0.2, -0.15) is 5.10 Å². The van der Waals surface area contributed by atoms with E-state index in [-0.39, 0.29) is 17.8 Å². The molecule has 1 aliphatic carbocycles. The number of nitrogens with zero attached hydrogens (tertiary/aromatic N) is 3. The van der Waals surface area contributed by atoms with Gasteiger partial charge in [0, 0.05) is 11.6 Å². The summed E-state index contributed by atoms with van der Waals surface area (Å²) in [6, 6.07) is 17.9. The zero-order valence-corrected chi connectivity index (χ0v) is 18.2. The van der Waals surface area contributed by atoms with Gasteiger partial charge in [0.25, 0.3) is 5.91 Å². The minimum atomic E-state index is -0.301. The van der Waals surface area contributed by atoms with Gasteiger partial charge in [0.2, 0.25) is 0 Å². The summed E-state index contributed by atoms with van der Waals surface area (Å²) < 4.78 is 15.3. The third-order valence-electron chi connectivity index (χ3n) is 6.01. The Morgan fingerprint density at radius 1 is 1.16 bits per heavy atom. The summed E-state index contributed by atoms with van der Waals surface area (Å²) in [4.78, 5) is 18.3. The zero-order valence-electron chi connectivity index (χ0n) is 18.2. The molecule has 2 aromatic heterocycles. The van der Waals surface area contributed by atoms with E-state index in [2.05, 4.69) is 5.32 Å². The van der Waals surface area contributed by atoms with Crippen LogP contribution < -0.4 is 5.32 Å². The summed E-state index contributed by atoms with van der Waals surface area (Å²) in [5, 5.41) is 8.80. The molecule has 0 spiro atoms.